The first-order valence-corrected chi connectivity index (χ1v) is 4.83. The number of aryl methyl sites for hydroxylation is 1. The van der Waals surface area contributed by atoms with Gasteiger partial charge in [-0.25, -0.2) is 9.97 Å². The van der Waals surface area contributed by atoms with Gasteiger partial charge in [-0.1, -0.05) is 6.08 Å². The third-order valence-corrected chi connectivity index (χ3v) is 2.75. The van der Waals surface area contributed by atoms with E-state index < -0.39 is 0 Å². The summed E-state index contributed by atoms with van der Waals surface area (Å²) >= 11 is 0. The van der Waals surface area contributed by atoms with Crippen molar-refractivity contribution in [1.29, 1.82) is 0 Å². The van der Waals surface area contributed by atoms with E-state index in [0.717, 1.165) is 28.8 Å². The second-order valence-corrected chi connectivity index (χ2v) is 3.57. The SMILES string of the molecule is C=CCn1c(C)c(C)c2c(N)ncnc21. The average molecular weight is 202 g/mol. The molecule has 0 aromatic carbocycles. The molecule has 2 aromatic rings. The molecule has 0 radical (unpaired) electrons. The van der Waals surface area contributed by atoms with E-state index in [4.69, 9.17) is 5.73 Å². The molecule has 15 heavy (non-hydrogen) atoms. The number of hydrogen-bond donors (Lipinski definition) is 1. The van der Waals surface area contributed by atoms with Crippen molar-refractivity contribution in [3.8, 4) is 0 Å². The van der Waals surface area contributed by atoms with Gasteiger partial charge >= 0.3 is 0 Å². The molecule has 2 rings (SSSR count). The third kappa shape index (κ3) is 1.29. The predicted octanol–water partition coefficient (Wildman–Crippen LogP) is 1.82. The van der Waals surface area contributed by atoms with Crippen LogP contribution in [0.3, 0.4) is 0 Å². The zero-order chi connectivity index (χ0) is 11.0. The van der Waals surface area contributed by atoms with Crippen LogP contribution < -0.4 is 5.73 Å². The van der Waals surface area contributed by atoms with Gasteiger partial charge in [-0.2, -0.15) is 0 Å². The summed E-state index contributed by atoms with van der Waals surface area (Å²) in [7, 11) is 0. The maximum atomic E-state index is 5.85. The van der Waals surface area contributed by atoms with Crippen LogP contribution in [-0.4, -0.2) is 14.5 Å². The van der Waals surface area contributed by atoms with Gasteiger partial charge in [-0.3, -0.25) is 0 Å². The minimum Gasteiger partial charge on any atom is -0.383 e. The van der Waals surface area contributed by atoms with Crippen LogP contribution >= 0.6 is 0 Å². The van der Waals surface area contributed by atoms with Gasteiger partial charge in [0.15, 0.2) is 0 Å². The molecule has 0 atom stereocenters. The molecule has 0 spiro atoms. The molecule has 4 heteroatoms. The first-order valence-electron chi connectivity index (χ1n) is 4.83. The van der Waals surface area contributed by atoms with Crippen molar-refractivity contribution in [3.05, 3.63) is 30.2 Å². The number of rotatable bonds is 2. The Morgan fingerprint density at radius 1 is 1.47 bits per heavy atom. The number of nitrogens with two attached hydrogens (primary N) is 1. The van der Waals surface area contributed by atoms with Gasteiger partial charge in [-0.05, 0) is 19.4 Å². The van der Waals surface area contributed by atoms with Crippen LogP contribution in [0.25, 0.3) is 11.0 Å². The molecule has 0 fully saturated rings. The molecular formula is C11H14N4. The summed E-state index contributed by atoms with van der Waals surface area (Å²) in [6, 6.07) is 0. The van der Waals surface area contributed by atoms with Crippen LogP contribution in [0, 0.1) is 13.8 Å². The highest BCUT2D eigenvalue weighted by molar-refractivity contribution is 5.90. The molecule has 0 aliphatic heterocycles. The summed E-state index contributed by atoms with van der Waals surface area (Å²) in [4.78, 5) is 8.28. The van der Waals surface area contributed by atoms with Crippen molar-refractivity contribution in [2.45, 2.75) is 20.4 Å². The number of nitrogens with zero attached hydrogens (tertiary/aromatic N) is 3. The minimum atomic E-state index is 0.545. The standard InChI is InChI=1S/C11H14N4/c1-4-5-15-8(3)7(2)9-10(12)13-6-14-11(9)15/h4,6H,1,5H2,2-3H3,(H2,12,13,14). The second-order valence-electron chi connectivity index (χ2n) is 3.57. The first kappa shape index (κ1) is 9.71. The molecule has 0 saturated carbocycles. The average Bonchev–Trinajstić information content (AvgIpc) is 2.45. The lowest BCUT2D eigenvalue weighted by Crippen LogP contribution is -1.99. The Balaban J connectivity index is 2.86. The van der Waals surface area contributed by atoms with Crippen molar-refractivity contribution >= 4 is 16.9 Å². The van der Waals surface area contributed by atoms with Crippen LogP contribution in [0.5, 0.6) is 0 Å². The molecule has 0 amide bonds. The summed E-state index contributed by atoms with van der Waals surface area (Å²) < 4.78 is 2.09. The summed E-state index contributed by atoms with van der Waals surface area (Å²) in [5, 5.41) is 0.955. The van der Waals surface area contributed by atoms with Crippen molar-refractivity contribution in [2.75, 3.05) is 5.73 Å². The Kier molecular flexibility index (Phi) is 2.19. The van der Waals surface area contributed by atoms with E-state index in [1.54, 1.807) is 0 Å². The van der Waals surface area contributed by atoms with Crippen LogP contribution in [0.2, 0.25) is 0 Å². The van der Waals surface area contributed by atoms with Gasteiger partial charge in [0.25, 0.3) is 0 Å². The largest absolute Gasteiger partial charge is 0.383 e. The highest BCUT2D eigenvalue weighted by atomic mass is 15.1. The molecule has 4 nitrogen and oxygen atoms in total. The van der Waals surface area contributed by atoms with Crippen molar-refractivity contribution in [1.82, 2.24) is 14.5 Å². The van der Waals surface area contributed by atoms with E-state index in [-0.39, 0.29) is 0 Å². The van der Waals surface area contributed by atoms with Gasteiger partial charge in [0, 0.05) is 12.2 Å². The zero-order valence-electron chi connectivity index (χ0n) is 8.99. The highest BCUT2D eigenvalue weighted by Crippen LogP contribution is 2.26. The Morgan fingerprint density at radius 3 is 2.87 bits per heavy atom. The number of allylic oxidation sites excluding steroid dienone is 1. The molecule has 0 saturated heterocycles. The highest BCUT2D eigenvalue weighted by Gasteiger charge is 2.13. The summed E-state index contributed by atoms with van der Waals surface area (Å²) in [5.74, 6) is 0.545. The minimum absolute atomic E-state index is 0.545. The Hall–Kier alpha value is -1.84. The molecule has 0 aliphatic carbocycles. The summed E-state index contributed by atoms with van der Waals surface area (Å²) in [6.45, 7) is 8.58. The molecule has 0 unspecified atom stereocenters. The van der Waals surface area contributed by atoms with Gasteiger partial charge in [0.05, 0.1) is 5.39 Å². The van der Waals surface area contributed by atoms with Gasteiger partial charge in [-0.15, -0.1) is 6.58 Å². The molecule has 2 aromatic heterocycles. The molecule has 2 heterocycles. The van der Waals surface area contributed by atoms with Crippen molar-refractivity contribution < 1.29 is 0 Å². The number of nitrogen functional groups attached to an aromatic ring is 1. The number of anilines is 1. The van der Waals surface area contributed by atoms with Gasteiger partial charge < -0.3 is 10.3 Å². The zero-order valence-corrected chi connectivity index (χ0v) is 8.99. The topological polar surface area (TPSA) is 56.7 Å². The van der Waals surface area contributed by atoms with Gasteiger partial charge in [0.1, 0.15) is 17.8 Å². The summed E-state index contributed by atoms with van der Waals surface area (Å²) in [5.41, 5.74) is 9.04. The van der Waals surface area contributed by atoms with E-state index in [0.29, 0.717) is 5.82 Å². The van der Waals surface area contributed by atoms with Crippen LogP contribution in [0.1, 0.15) is 11.3 Å². The normalized spacial score (nSPS) is 10.8. The smallest absolute Gasteiger partial charge is 0.146 e. The predicted molar refractivity (Wildman–Crippen MR) is 61.6 cm³/mol. The number of hydrogen-bond acceptors (Lipinski definition) is 3. The molecule has 0 bridgehead atoms. The van der Waals surface area contributed by atoms with Crippen LogP contribution in [0.4, 0.5) is 5.82 Å². The fourth-order valence-electron chi connectivity index (χ4n) is 1.85. The maximum Gasteiger partial charge on any atom is 0.146 e. The third-order valence-electron chi connectivity index (χ3n) is 2.75. The van der Waals surface area contributed by atoms with E-state index >= 15 is 0 Å². The number of fused-ring (bicyclic) bond motifs is 1. The lowest BCUT2D eigenvalue weighted by atomic mass is 10.2. The second kappa shape index (κ2) is 3.38. The quantitative estimate of drug-likeness (QED) is 0.756. The van der Waals surface area contributed by atoms with E-state index in [1.165, 1.54) is 6.33 Å². The molecule has 2 N–H and O–H groups in total. The van der Waals surface area contributed by atoms with E-state index in [9.17, 15) is 0 Å². The first-order chi connectivity index (χ1) is 7.16. The molecular weight excluding hydrogens is 188 g/mol. The van der Waals surface area contributed by atoms with Crippen molar-refractivity contribution in [2.24, 2.45) is 0 Å². The van der Waals surface area contributed by atoms with Crippen LogP contribution in [0.15, 0.2) is 19.0 Å². The lowest BCUT2D eigenvalue weighted by molar-refractivity contribution is 0.812. The fraction of sp³-hybridized carbons (Fsp3) is 0.273. The molecule has 78 valence electrons. The van der Waals surface area contributed by atoms with Crippen molar-refractivity contribution in [3.63, 3.8) is 0 Å². The monoisotopic (exact) mass is 202 g/mol. The number of aromatic nitrogens is 3. The Labute approximate surface area is 88.4 Å². The van der Waals surface area contributed by atoms with Gasteiger partial charge in [0.2, 0.25) is 0 Å². The Bertz CT molecular complexity index is 525. The Morgan fingerprint density at radius 2 is 2.20 bits per heavy atom. The fourth-order valence-corrected chi connectivity index (χ4v) is 1.85. The van der Waals surface area contributed by atoms with E-state index in [2.05, 4.69) is 28.0 Å². The molecule has 0 aliphatic rings. The summed E-state index contributed by atoms with van der Waals surface area (Å²) in [6.07, 6.45) is 3.35. The lowest BCUT2D eigenvalue weighted by Gasteiger charge is -2.02. The van der Waals surface area contributed by atoms with E-state index in [1.807, 2.05) is 13.0 Å². The maximum absolute atomic E-state index is 5.85. The van der Waals surface area contributed by atoms with Crippen LogP contribution in [-0.2, 0) is 6.54 Å².